The summed E-state index contributed by atoms with van der Waals surface area (Å²) in [6.07, 6.45) is 12.8. The van der Waals surface area contributed by atoms with Gasteiger partial charge in [0.25, 0.3) is 0 Å². The molecule has 0 atom stereocenters. The van der Waals surface area contributed by atoms with E-state index in [4.69, 9.17) is 0 Å². The molecule has 0 aliphatic rings. The molecule has 0 fully saturated rings. The van der Waals surface area contributed by atoms with Gasteiger partial charge in [-0.3, -0.25) is 0 Å². The van der Waals surface area contributed by atoms with Gasteiger partial charge in [-0.2, -0.15) is 0 Å². The van der Waals surface area contributed by atoms with Crippen molar-refractivity contribution >= 4 is 31.8 Å². The Bertz CT molecular complexity index is 503. The zero-order valence-electron chi connectivity index (χ0n) is 17.6. The zero-order chi connectivity index (χ0) is 20.3. The summed E-state index contributed by atoms with van der Waals surface area (Å²) in [5.74, 6) is -1.19. The first kappa shape index (κ1) is 26.0. The van der Waals surface area contributed by atoms with Crippen molar-refractivity contribution in [1.29, 1.82) is 0 Å². The number of carboxylic acid groups (broad SMARTS) is 1. The van der Waals surface area contributed by atoms with Crippen LogP contribution >= 0.6 is 0 Å². The molecule has 1 aromatic rings. The molecule has 1 rings (SSSR count). The van der Waals surface area contributed by atoms with Crippen molar-refractivity contribution in [3.63, 3.8) is 0 Å². The Balaban J connectivity index is 0.000000503. The second kappa shape index (κ2) is 18.3. The predicted octanol–water partition coefficient (Wildman–Crippen LogP) is 6.28. The van der Waals surface area contributed by atoms with Crippen LogP contribution in [-0.2, 0) is 4.79 Å². The minimum atomic E-state index is -1.19. The Morgan fingerprint density at radius 3 is 1.85 bits per heavy atom. The molecular formula is C24H38O2Sn. The summed E-state index contributed by atoms with van der Waals surface area (Å²) in [4.78, 5) is 10.3. The van der Waals surface area contributed by atoms with E-state index in [1.165, 1.54) is 38.5 Å². The van der Waals surface area contributed by atoms with Gasteiger partial charge < -0.3 is 9.90 Å². The topological polar surface area (TPSA) is 40.1 Å². The molecule has 0 radical (unpaired) electrons. The standard InChI is InChI=1S/C12H12O2.3C4H9.Sn/c1-10(12(13)14)6-5-9-11-7-3-2-4-8-11;3*1-3-4-2;/h2-5,7-9H,1,6H2,(H,13,14);3*1,3-4H2,2H3;/q;;;;+1/p-1. The van der Waals surface area contributed by atoms with Crippen LogP contribution < -0.4 is 5.11 Å². The summed E-state index contributed by atoms with van der Waals surface area (Å²) in [7, 11) is 0. The van der Waals surface area contributed by atoms with Crippen molar-refractivity contribution in [2.24, 2.45) is 0 Å². The van der Waals surface area contributed by atoms with E-state index in [1.54, 1.807) is 19.4 Å². The molecule has 0 amide bonds. The number of rotatable bonds is 13. The van der Waals surface area contributed by atoms with Crippen molar-refractivity contribution in [2.45, 2.75) is 79.0 Å². The van der Waals surface area contributed by atoms with Crippen molar-refractivity contribution in [2.75, 3.05) is 0 Å². The molecule has 1 aromatic carbocycles. The summed E-state index contributed by atoms with van der Waals surface area (Å²) in [5.41, 5.74) is 1.14. The van der Waals surface area contributed by atoms with Gasteiger partial charge in [0.15, 0.2) is 0 Å². The molecular weight excluding hydrogens is 439 g/mol. The van der Waals surface area contributed by atoms with Gasteiger partial charge in [0, 0.05) is 0 Å². The molecule has 0 heterocycles. The SMILES string of the molecule is C=C(CC=Cc1ccccc1)C(=O)[O-].CCC[CH2][Sn+]([CH2]CCC)[CH2]CCC. The number of allylic oxidation sites excluding steroid dienone is 1. The van der Waals surface area contributed by atoms with Crippen LogP contribution in [0.5, 0.6) is 0 Å². The van der Waals surface area contributed by atoms with Crippen LogP contribution in [0, 0.1) is 0 Å². The first-order chi connectivity index (χ1) is 13.0. The van der Waals surface area contributed by atoms with Crippen LogP contribution in [0.1, 0.15) is 71.3 Å². The first-order valence-electron chi connectivity index (χ1n) is 10.5. The van der Waals surface area contributed by atoms with Gasteiger partial charge in [-0.25, -0.2) is 0 Å². The summed E-state index contributed by atoms with van der Waals surface area (Å²) in [6, 6.07) is 9.66. The summed E-state index contributed by atoms with van der Waals surface area (Å²) < 4.78 is 5.04. The molecule has 150 valence electrons. The molecule has 0 aromatic heterocycles. The van der Waals surface area contributed by atoms with Gasteiger partial charge in [-0.15, -0.1) is 0 Å². The quantitative estimate of drug-likeness (QED) is 0.248. The molecule has 0 bridgehead atoms. The number of carbonyl (C=O) groups excluding carboxylic acids is 1. The van der Waals surface area contributed by atoms with Crippen molar-refractivity contribution in [3.8, 4) is 0 Å². The van der Waals surface area contributed by atoms with E-state index < -0.39 is 25.7 Å². The van der Waals surface area contributed by atoms with E-state index in [-0.39, 0.29) is 5.57 Å². The maximum atomic E-state index is 10.3. The third-order valence-corrected chi connectivity index (χ3v) is 13.5. The molecule has 0 unspecified atom stereocenters. The van der Waals surface area contributed by atoms with E-state index in [0.717, 1.165) is 5.56 Å². The molecule has 0 aliphatic heterocycles. The van der Waals surface area contributed by atoms with Crippen LogP contribution in [0.4, 0.5) is 0 Å². The fourth-order valence-corrected chi connectivity index (χ4v) is 12.1. The number of unbranched alkanes of at least 4 members (excludes halogenated alkanes) is 3. The predicted molar refractivity (Wildman–Crippen MR) is 119 cm³/mol. The van der Waals surface area contributed by atoms with Gasteiger partial charge in [-0.05, 0) is 17.6 Å². The molecule has 0 saturated carbocycles. The molecule has 0 aliphatic carbocycles. The van der Waals surface area contributed by atoms with Gasteiger partial charge >= 0.3 is 92.4 Å². The van der Waals surface area contributed by atoms with Gasteiger partial charge in [-0.1, -0.05) is 49.1 Å². The van der Waals surface area contributed by atoms with Crippen LogP contribution in [0.25, 0.3) is 6.08 Å². The van der Waals surface area contributed by atoms with E-state index >= 15 is 0 Å². The van der Waals surface area contributed by atoms with E-state index in [2.05, 4.69) is 27.4 Å². The molecule has 3 heteroatoms. The van der Waals surface area contributed by atoms with Crippen LogP contribution in [-0.4, -0.2) is 25.7 Å². The Hall–Kier alpha value is -1.03. The van der Waals surface area contributed by atoms with Gasteiger partial charge in [0.05, 0.1) is 5.97 Å². The molecule has 0 N–H and O–H groups in total. The average Bonchev–Trinajstić information content (AvgIpc) is 2.68. The number of hydrogen-bond acceptors (Lipinski definition) is 2. The third-order valence-electron chi connectivity index (χ3n) is 4.41. The fraction of sp³-hybridized carbons (Fsp3) is 0.542. The molecule has 0 spiro atoms. The second-order valence-corrected chi connectivity index (χ2v) is 15.5. The number of aliphatic carboxylic acids is 1. The Morgan fingerprint density at radius 2 is 1.44 bits per heavy atom. The molecule has 0 saturated heterocycles. The monoisotopic (exact) mass is 478 g/mol. The average molecular weight is 477 g/mol. The van der Waals surface area contributed by atoms with E-state index in [9.17, 15) is 9.90 Å². The van der Waals surface area contributed by atoms with E-state index in [1.807, 2.05) is 36.4 Å². The fourth-order valence-electron chi connectivity index (χ4n) is 2.64. The number of carbonyl (C=O) groups is 1. The van der Waals surface area contributed by atoms with Crippen molar-refractivity contribution in [1.82, 2.24) is 0 Å². The number of benzene rings is 1. The van der Waals surface area contributed by atoms with Crippen molar-refractivity contribution in [3.05, 3.63) is 54.1 Å². The zero-order valence-corrected chi connectivity index (χ0v) is 20.5. The van der Waals surface area contributed by atoms with Crippen LogP contribution in [0.3, 0.4) is 0 Å². The van der Waals surface area contributed by atoms with Crippen molar-refractivity contribution < 1.29 is 9.90 Å². The summed E-state index contributed by atoms with van der Waals surface area (Å²) in [6.45, 7) is 10.4. The number of carboxylic acids is 1. The third kappa shape index (κ3) is 15.7. The Kier molecular flexibility index (Phi) is 17.6. The minimum absolute atomic E-state index is 0.0946. The van der Waals surface area contributed by atoms with Crippen LogP contribution in [0.2, 0.25) is 13.3 Å². The Labute approximate surface area is 174 Å². The number of hydrogen-bond donors (Lipinski definition) is 0. The van der Waals surface area contributed by atoms with Crippen LogP contribution in [0.15, 0.2) is 48.6 Å². The van der Waals surface area contributed by atoms with Gasteiger partial charge in [0.2, 0.25) is 0 Å². The maximum absolute atomic E-state index is 10.3. The van der Waals surface area contributed by atoms with Gasteiger partial charge in [0.1, 0.15) is 0 Å². The second-order valence-electron chi connectivity index (χ2n) is 6.97. The molecule has 27 heavy (non-hydrogen) atoms. The summed E-state index contributed by atoms with van der Waals surface area (Å²) in [5, 5.41) is 10.3. The van der Waals surface area contributed by atoms with E-state index in [0.29, 0.717) is 6.42 Å². The Morgan fingerprint density at radius 1 is 0.963 bits per heavy atom. The summed E-state index contributed by atoms with van der Waals surface area (Å²) >= 11 is -0.839. The molecule has 2 nitrogen and oxygen atoms in total. The normalized spacial score (nSPS) is 10.3. The first-order valence-corrected chi connectivity index (χ1v) is 16.5.